The largest absolute Gasteiger partial charge is 0.493 e. The summed E-state index contributed by atoms with van der Waals surface area (Å²) in [6.07, 6.45) is -0.264. The zero-order valence-electron chi connectivity index (χ0n) is 14.9. The van der Waals surface area contributed by atoms with Crippen molar-refractivity contribution in [1.29, 1.82) is 0 Å². The van der Waals surface area contributed by atoms with E-state index in [1.54, 1.807) is 26.4 Å². The summed E-state index contributed by atoms with van der Waals surface area (Å²) in [7, 11) is 4.62. The van der Waals surface area contributed by atoms with Gasteiger partial charge in [-0.3, -0.25) is 5.32 Å². The van der Waals surface area contributed by atoms with Gasteiger partial charge >= 0.3 is 0 Å². The Bertz CT molecular complexity index is 754. The van der Waals surface area contributed by atoms with Crippen molar-refractivity contribution in [2.45, 2.75) is 12.3 Å². The van der Waals surface area contributed by atoms with Crippen molar-refractivity contribution in [1.82, 2.24) is 5.32 Å². The lowest BCUT2D eigenvalue weighted by atomic mass is 10.0. The monoisotopic (exact) mass is 358 g/mol. The van der Waals surface area contributed by atoms with Gasteiger partial charge in [0.15, 0.2) is 11.5 Å². The molecule has 7 heteroatoms. The van der Waals surface area contributed by atoms with Crippen LogP contribution in [0.15, 0.2) is 47.6 Å². The quantitative estimate of drug-likeness (QED) is 0.469. The van der Waals surface area contributed by atoms with Crippen LogP contribution < -0.4 is 19.5 Å². The lowest BCUT2D eigenvalue weighted by Crippen LogP contribution is -2.35. The van der Waals surface area contributed by atoms with Gasteiger partial charge in [0.1, 0.15) is 11.9 Å². The molecule has 26 heavy (non-hydrogen) atoms. The van der Waals surface area contributed by atoms with Crippen LogP contribution in [0.25, 0.3) is 0 Å². The van der Waals surface area contributed by atoms with Gasteiger partial charge in [-0.2, -0.15) is 0 Å². The zero-order valence-corrected chi connectivity index (χ0v) is 14.9. The molecule has 0 bridgehead atoms. The summed E-state index contributed by atoms with van der Waals surface area (Å²) in [5, 5.41) is 16.5. The fourth-order valence-corrected chi connectivity index (χ4v) is 3.01. The molecular weight excluding hydrogens is 336 g/mol. The number of hydrogen-bond donors (Lipinski definition) is 2. The van der Waals surface area contributed by atoms with Gasteiger partial charge < -0.3 is 24.2 Å². The third-order valence-electron chi connectivity index (χ3n) is 4.28. The molecule has 0 aliphatic carbocycles. The molecule has 2 unspecified atom stereocenters. The first-order valence-electron chi connectivity index (χ1n) is 8.16. The van der Waals surface area contributed by atoms with Crippen LogP contribution in [0.4, 0.5) is 0 Å². The summed E-state index contributed by atoms with van der Waals surface area (Å²) in [5.74, 6) is 1.46. The summed E-state index contributed by atoms with van der Waals surface area (Å²) in [4.78, 5) is 0. The molecule has 1 fully saturated rings. The number of nitrogens with zero attached hydrogens (tertiary/aromatic N) is 1. The standard InChI is InChI=1S/C19H22N2O5/c1-23-15-9-13(10-16(24-2)18(15)25-3)17(21-22)14-11-26-19(20-14)12-7-5-4-6-8-12/h4-10,14,19-20,22H,11H2,1-3H3/b21-17-. The molecule has 0 amide bonds. The molecule has 2 aromatic carbocycles. The van der Waals surface area contributed by atoms with Crippen molar-refractivity contribution >= 4 is 5.71 Å². The van der Waals surface area contributed by atoms with Crippen LogP contribution in [0.5, 0.6) is 17.2 Å². The predicted molar refractivity (Wildman–Crippen MR) is 96.5 cm³/mol. The van der Waals surface area contributed by atoms with Gasteiger partial charge in [-0.15, -0.1) is 0 Å². The fraction of sp³-hybridized carbons (Fsp3) is 0.316. The predicted octanol–water partition coefficient (Wildman–Crippen LogP) is 2.58. The second kappa shape index (κ2) is 8.07. The topological polar surface area (TPSA) is 81.5 Å². The van der Waals surface area contributed by atoms with E-state index in [9.17, 15) is 5.21 Å². The van der Waals surface area contributed by atoms with Crippen molar-refractivity contribution in [2.75, 3.05) is 27.9 Å². The highest BCUT2D eigenvalue weighted by atomic mass is 16.5. The van der Waals surface area contributed by atoms with Crippen molar-refractivity contribution in [3.05, 3.63) is 53.6 Å². The molecule has 0 saturated carbocycles. The van der Waals surface area contributed by atoms with Crippen LogP contribution in [0.2, 0.25) is 0 Å². The van der Waals surface area contributed by atoms with E-state index in [-0.39, 0.29) is 12.3 Å². The van der Waals surface area contributed by atoms with E-state index in [1.165, 1.54) is 7.11 Å². The molecular formula is C19H22N2O5. The summed E-state index contributed by atoms with van der Waals surface area (Å²) in [6.45, 7) is 0.371. The molecule has 1 heterocycles. The number of benzene rings is 2. The van der Waals surface area contributed by atoms with Gasteiger partial charge in [0, 0.05) is 5.56 Å². The Labute approximate surface area is 152 Å². The fourth-order valence-electron chi connectivity index (χ4n) is 3.01. The summed E-state index contributed by atoms with van der Waals surface area (Å²) in [5.41, 5.74) is 2.09. The Kier molecular flexibility index (Phi) is 5.60. The molecule has 0 aromatic heterocycles. The maximum absolute atomic E-state index is 9.63. The highest BCUT2D eigenvalue weighted by Crippen LogP contribution is 2.38. The van der Waals surface area contributed by atoms with Crippen molar-refractivity contribution in [3.8, 4) is 17.2 Å². The number of ether oxygens (including phenoxy) is 4. The molecule has 0 spiro atoms. The van der Waals surface area contributed by atoms with E-state index in [2.05, 4.69) is 10.5 Å². The average Bonchev–Trinajstić information content (AvgIpc) is 3.18. The molecule has 2 N–H and O–H groups in total. The van der Waals surface area contributed by atoms with E-state index < -0.39 is 0 Å². The Hall–Kier alpha value is -2.77. The molecule has 2 atom stereocenters. The van der Waals surface area contributed by atoms with Crippen molar-refractivity contribution < 1.29 is 24.2 Å². The molecule has 0 radical (unpaired) electrons. The SMILES string of the molecule is COc1cc(/C(=N/O)C2COC(c3ccccc3)N2)cc(OC)c1OC. The molecule has 7 nitrogen and oxygen atoms in total. The summed E-state index contributed by atoms with van der Waals surface area (Å²) >= 11 is 0. The van der Waals surface area contributed by atoms with Crippen LogP contribution in [0.3, 0.4) is 0 Å². The number of rotatable bonds is 6. The number of oxime groups is 1. The normalized spacial score (nSPS) is 20.0. The van der Waals surface area contributed by atoms with E-state index in [4.69, 9.17) is 18.9 Å². The van der Waals surface area contributed by atoms with Gasteiger partial charge in [0.25, 0.3) is 0 Å². The van der Waals surface area contributed by atoms with Gasteiger partial charge in [-0.25, -0.2) is 0 Å². The van der Waals surface area contributed by atoms with Crippen LogP contribution >= 0.6 is 0 Å². The second-order valence-corrected chi connectivity index (χ2v) is 5.74. The Morgan fingerprint density at radius 2 is 1.73 bits per heavy atom. The summed E-state index contributed by atoms with van der Waals surface area (Å²) in [6, 6.07) is 13.0. The highest BCUT2D eigenvalue weighted by molar-refractivity contribution is 6.05. The minimum absolute atomic E-state index is 0.264. The first kappa shape index (κ1) is 18.0. The number of nitrogens with one attached hydrogen (secondary N) is 1. The Balaban J connectivity index is 1.88. The summed E-state index contributed by atoms with van der Waals surface area (Å²) < 4.78 is 21.9. The van der Waals surface area contributed by atoms with Gasteiger partial charge in [0.2, 0.25) is 5.75 Å². The molecule has 3 rings (SSSR count). The Morgan fingerprint density at radius 1 is 1.08 bits per heavy atom. The smallest absolute Gasteiger partial charge is 0.203 e. The van der Waals surface area contributed by atoms with Gasteiger partial charge in [0.05, 0.1) is 34.0 Å². The maximum Gasteiger partial charge on any atom is 0.203 e. The Morgan fingerprint density at radius 3 is 2.27 bits per heavy atom. The van der Waals surface area contributed by atoms with Crippen LogP contribution in [-0.4, -0.2) is 44.9 Å². The van der Waals surface area contributed by atoms with E-state index in [1.807, 2.05) is 30.3 Å². The average molecular weight is 358 g/mol. The molecule has 2 aromatic rings. The maximum atomic E-state index is 9.63. The van der Waals surface area contributed by atoms with Gasteiger partial charge in [-0.1, -0.05) is 35.5 Å². The lowest BCUT2D eigenvalue weighted by Gasteiger charge is -2.17. The van der Waals surface area contributed by atoms with E-state index in [0.717, 1.165) is 5.56 Å². The van der Waals surface area contributed by atoms with Crippen LogP contribution in [0.1, 0.15) is 17.4 Å². The van der Waals surface area contributed by atoms with E-state index >= 15 is 0 Å². The number of hydrogen-bond acceptors (Lipinski definition) is 7. The number of methoxy groups -OCH3 is 3. The minimum Gasteiger partial charge on any atom is -0.493 e. The first-order valence-corrected chi connectivity index (χ1v) is 8.16. The zero-order chi connectivity index (χ0) is 18.5. The minimum atomic E-state index is -0.284. The lowest BCUT2D eigenvalue weighted by molar-refractivity contribution is 0.101. The highest BCUT2D eigenvalue weighted by Gasteiger charge is 2.31. The molecule has 1 saturated heterocycles. The molecule has 138 valence electrons. The van der Waals surface area contributed by atoms with Gasteiger partial charge in [-0.05, 0) is 17.7 Å². The van der Waals surface area contributed by atoms with E-state index in [0.29, 0.717) is 35.1 Å². The van der Waals surface area contributed by atoms with Crippen molar-refractivity contribution in [2.24, 2.45) is 5.16 Å². The molecule has 1 aliphatic heterocycles. The second-order valence-electron chi connectivity index (χ2n) is 5.74. The third kappa shape index (κ3) is 3.44. The van der Waals surface area contributed by atoms with Crippen LogP contribution in [-0.2, 0) is 4.74 Å². The third-order valence-corrected chi connectivity index (χ3v) is 4.28. The van der Waals surface area contributed by atoms with Crippen molar-refractivity contribution in [3.63, 3.8) is 0 Å². The first-order chi connectivity index (χ1) is 12.7. The molecule has 1 aliphatic rings. The van der Waals surface area contributed by atoms with Crippen LogP contribution in [0, 0.1) is 0 Å².